The Morgan fingerprint density at radius 2 is 1.55 bits per heavy atom. The summed E-state index contributed by atoms with van der Waals surface area (Å²) in [5, 5.41) is 0. The average Bonchev–Trinajstić information content (AvgIpc) is 2.36. The fourth-order valence-electron chi connectivity index (χ4n) is 5.92. The van der Waals surface area contributed by atoms with Crippen LogP contribution in [0.2, 0.25) is 0 Å². The summed E-state index contributed by atoms with van der Waals surface area (Å²) in [6.45, 7) is 7.08. The molecule has 1 aromatic rings. The van der Waals surface area contributed by atoms with Crippen LogP contribution in [0.1, 0.15) is 70.4 Å². The van der Waals surface area contributed by atoms with Gasteiger partial charge in [-0.2, -0.15) is 0 Å². The van der Waals surface area contributed by atoms with Crippen molar-refractivity contribution in [2.45, 2.75) is 70.1 Å². The minimum atomic E-state index is 0.246. The molecule has 107 valence electrons. The molecule has 1 radical (unpaired) electrons. The highest BCUT2D eigenvalue weighted by atomic mass is 14.6. The lowest BCUT2D eigenvalue weighted by atomic mass is 9.47. The minimum Gasteiger partial charge on any atom is -0.0613 e. The molecule has 20 heavy (non-hydrogen) atoms. The molecule has 0 nitrogen and oxygen atoms in total. The molecule has 0 atom stereocenters. The van der Waals surface area contributed by atoms with Crippen molar-refractivity contribution in [3.63, 3.8) is 0 Å². The van der Waals surface area contributed by atoms with E-state index in [-0.39, 0.29) is 5.41 Å². The summed E-state index contributed by atoms with van der Waals surface area (Å²) in [6, 6.07) is 10.4. The largest absolute Gasteiger partial charge is 0.0613 e. The van der Waals surface area contributed by atoms with Gasteiger partial charge in [0, 0.05) is 0 Å². The summed E-state index contributed by atoms with van der Waals surface area (Å²) in [5.41, 5.74) is 3.88. The second-order valence-electron chi connectivity index (χ2n) is 8.91. The molecular formula is C20H27. The molecule has 0 heteroatoms. The number of hydrogen-bond donors (Lipinski definition) is 0. The quantitative estimate of drug-likeness (QED) is 0.651. The molecule has 0 amide bonds. The lowest BCUT2D eigenvalue weighted by molar-refractivity contribution is -0.00605. The topological polar surface area (TPSA) is 0 Å². The first-order chi connectivity index (χ1) is 9.46. The first-order valence-electron chi connectivity index (χ1n) is 8.48. The Balaban J connectivity index is 1.81. The monoisotopic (exact) mass is 267 g/mol. The summed E-state index contributed by atoms with van der Waals surface area (Å²) < 4.78 is 0. The van der Waals surface area contributed by atoms with E-state index in [1.165, 1.54) is 38.5 Å². The van der Waals surface area contributed by atoms with Gasteiger partial charge in [-0.25, -0.2) is 0 Å². The van der Waals surface area contributed by atoms with Crippen molar-refractivity contribution in [1.82, 2.24) is 0 Å². The molecule has 0 aliphatic heterocycles. The van der Waals surface area contributed by atoms with Crippen molar-refractivity contribution in [3.05, 3.63) is 35.4 Å². The highest BCUT2D eigenvalue weighted by Crippen LogP contribution is 2.61. The zero-order valence-corrected chi connectivity index (χ0v) is 13.2. The van der Waals surface area contributed by atoms with E-state index in [9.17, 15) is 0 Å². The maximum atomic E-state index is 3.70. The van der Waals surface area contributed by atoms with E-state index in [2.05, 4.69) is 45.0 Å². The fraction of sp³-hybridized carbons (Fsp3) is 0.700. The van der Waals surface area contributed by atoms with Gasteiger partial charge in [-0.3, -0.25) is 0 Å². The Labute approximate surface area is 124 Å². The van der Waals surface area contributed by atoms with Gasteiger partial charge in [0.15, 0.2) is 0 Å². The lowest BCUT2D eigenvalue weighted by Crippen LogP contribution is -2.49. The first kappa shape index (κ1) is 12.9. The third-order valence-electron chi connectivity index (χ3n) is 6.23. The molecule has 4 aliphatic rings. The van der Waals surface area contributed by atoms with Crippen LogP contribution in [0, 0.1) is 23.8 Å². The SMILES string of the molecule is CC(C)(C)c1ccc[c]c1C12CC3CC(CC(C3)C1)C2. The van der Waals surface area contributed by atoms with Gasteiger partial charge in [-0.15, -0.1) is 0 Å². The van der Waals surface area contributed by atoms with E-state index in [1.54, 1.807) is 11.1 Å². The van der Waals surface area contributed by atoms with Gasteiger partial charge < -0.3 is 0 Å². The molecule has 0 spiro atoms. The molecule has 0 unspecified atom stereocenters. The van der Waals surface area contributed by atoms with Gasteiger partial charge in [0.25, 0.3) is 0 Å². The molecule has 4 fully saturated rings. The maximum absolute atomic E-state index is 3.70. The molecule has 4 aliphatic carbocycles. The van der Waals surface area contributed by atoms with Gasteiger partial charge >= 0.3 is 0 Å². The third kappa shape index (κ3) is 1.87. The molecule has 0 aromatic heterocycles. The van der Waals surface area contributed by atoms with Gasteiger partial charge in [0.2, 0.25) is 0 Å². The summed E-state index contributed by atoms with van der Waals surface area (Å²) >= 11 is 0. The van der Waals surface area contributed by atoms with Crippen molar-refractivity contribution in [3.8, 4) is 0 Å². The molecule has 0 heterocycles. The Kier molecular flexibility index (Phi) is 2.66. The predicted molar refractivity (Wildman–Crippen MR) is 83.8 cm³/mol. The highest BCUT2D eigenvalue weighted by Gasteiger charge is 2.52. The lowest BCUT2D eigenvalue weighted by Gasteiger charge is -2.57. The van der Waals surface area contributed by atoms with Gasteiger partial charge in [0.05, 0.1) is 0 Å². The van der Waals surface area contributed by atoms with Crippen LogP contribution in [0.25, 0.3) is 0 Å². The molecule has 0 N–H and O–H groups in total. The van der Waals surface area contributed by atoms with Crippen LogP contribution in [0.15, 0.2) is 18.2 Å². The van der Waals surface area contributed by atoms with Crippen LogP contribution in [-0.4, -0.2) is 0 Å². The molecule has 4 bridgehead atoms. The Morgan fingerprint density at radius 3 is 2.05 bits per heavy atom. The third-order valence-corrected chi connectivity index (χ3v) is 6.23. The smallest absolute Gasteiger partial charge is 0.00300 e. The second-order valence-corrected chi connectivity index (χ2v) is 8.91. The van der Waals surface area contributed by atoms with E-state index in [4.69, 9.17) is 0 Å². The number of hydrogen-bond acceptors (Lipinski definition) is 0. The summed E-state index contributed by atoms with van der Waals surface area (Å²) in [7, 11) is 0. The fourth-order valence-corrected chi connectivity index (χ4v) is 5.92. The highest BCUT2D eigenvalue weighted by molar-refractivity contribution is 5.39. The number of rotatable bonds is 1. The van der Waals surface area contributed by atoms with Crippen LogP contribution in [0.3, 0.4) is 0 Å². The van der Waals surface area contributed by atoms with E-state index in [0.29, 0.717) is 5.41 Å². The van der Waals surface area contributed by atoms with Crippen LogP contribution in [0.5, 0.6) is 0 Å². The summed E-state index contributed by atoms with van der Waals surface area (Å²) in [6.07, 6.45) is 8.92. The maximum Gasteiger partial charge on any atom is -0.00300 e. The summed E-state index contributed by atoms with van der Waals surface area (Å²) in [4.78, 5) is 0. The van der Waals surface area contributed by atoms with Crippen LogP contribution in [-0.2, 0) is 10.8 Å². The van der Waals surface area contributed by atoms with E-state index in [0.717, 1.165) is 17.8 Å². The zero-order chi connectivity index (χ0) is 14.0. The summed E-state index contributed by atoms with van der Waals surface area (Å²) in [5.74, 6) is 3.05. The van der Waals surface area contributed by atoms with Crippen LogP contribution < -0.4 is 0 Å². The second kappa shape index (κ2) is 4.12. The van der Waals surface area contributed by atoms with Gasteiger partial charge in [-0.1, -0.05) is 39.0 Å². The van der Waals surface area contributed by atoms with Gasteiger partial charge in [0.1, 0.15) is 0 Å². The Bertz CT molecular complexity index is 482. The molecule has 5 rings (SSSR count). The predicted octanol–water partition coefficient (Wildman–Crippen LogP) is 5.25. The van der Waals surface area contributed by atoms with Crippen LogP contribution in [0.4, 0.5) is 0 Å². The van der Waals surface area contributed by atoms with E-state index in [1.807, 2.05) is 0 Å². The van der Waals surface area contributed by atoms with E-state index >= 15 is 0 Å². The standard InChI is InChI=1S/C20H27/c1-19(2,3)17-6-4-5-7-18(17)20-11-14-8-15(12-20)10-16(9-14)13-20/h4-6,14-16H,8-13H2,1-3H3. The van der Waals surface area contributed by atoms with E-state index < -0.39 is 0 Å². The molecule has 1 aromatic carbocycles. The van der Waals surface area contributed by atoms with Crippen molar-refractivity contribution in [1.29, 1.82) is 0 Å². The van der Waals surface area contributed by atoms with Crippen LogP contribution >= 0.6 is 0 Å². The normalized spacial score (nSPS) is 39.2. The van der Waals surface area contributed by atoms with Crippen molar-refractivity contribution in [2.24, 2.45) is 17.8 Å². The first-order valence-corrected chi connectivity index (χ1v) is 8.48. The zero-order valence-electron chi connectivity index (χ0n) is 13.2. The Hall–Kier alpha value is -0.780. The number of benzene rings is 1. The minimum absolute atomic E-state index is 0.246. The van der Waals surface area contributed by atoms with Crippen molar-refractivity contribution >= 4 is 0 Å². The average molecular weight is 267 g/mol. The molecule has 0 saturated heterocycles. The van der Waals surface area contributed by atoms with Crippen molar-refractivity contribution in [2.75, 3.05) is 0 Å². The Morgan fingerprint density at radius 1 is 1.00 bits per heavy atom. The molecule has 4 saturated carbocycles. The van der Waals surface area contributed by atoms with Gasteiger partial charge in [-0.05, 0) is 84.3 Å². The molecular weight excluding hydrogens is 240 g/mol. The van der Waals surface area contributed by atoms with Crippen molar-refractivity contribution < 1.29 is 0 Å².